The minimum Gasteiger partial charge on any atom is -0.416 e. The number of anilines is 1. The van der Waals surface area contributed by atoms with E-state index in [1.54, 1.807) is 17.5 Å². The monoisotopic (exact) mass is 527 g/mol. The van der Waals surface area contributed by atoms with Gasteiger partial charge < -0.3 is 10.1 Å². The highest BCUT2D eigenvalue weighted by atomic mass is 32.2. The number of carbonyl (C=O) groups excluding carboxylic acids is 1. The number of thiazole rings is 1. The number of halogens is 3. The first-order valence-corrected chi connectivity index (χ1v) is 12.2. The first-order chi connectivity index (χ1) is 16.3. The summed E-state index contributed by atoms with van der Waals surface area (Å²) in [5, 5.41) is 4.66. The number of hydrogen-bond donors (Lipinski definition) is 3. The van der Waals surface area contributed by atoms with E-state index < -0.39 is 34.2 Å². The molecule has 3 N–H and O–H groups in total. The van der Waals surface area contributed by atoms with Gasteiger partial charge in [-0.1, -0.05) is 30.8 Å². The topological polar surface area (TPSA) is 118 Å². The Morgan fingerprint density at radius 3 is 2.51 bits per heavy atom. The number of nitrogens with one attached hydrogen (secondary N) is 2. The van der Waals surface area contributed by atoms with E-state index in [-0.39, 0.29) is 23.4 Å². The number of benzene rings is 2. The Hall–Kier alpha value is -3.42. The number of ether oxygens (including phenoxy) is 1. The summed E-state index contributed by atoms with van der Waals surface area (Å²) >= 11 is 1.15. The Balaban J connectivity index is 1.87. The molecular weight excluding hydrogens is 507 g/mol. The molecule has 0 saturated carbocycles. The molecule has 0 radical (unpaired) electrons. The lowest BCUT2D eigenvalue weighted by Gasteiger charge is -2.17. The van der Waals surface area contributed by atoms with Gasteiger partial charge in [0.15, 0.2) is 0 Å². The molecule has 2 aromatic carbocycles. The molecule has 13 heteroatoms. The number of aromatic nitrogens is 1. The lowest BCUT2D eigenvalue weighted by Crippen LogP contribution is -2.30. The Labute approximate surface area is 203 Å². The van der Waals surface area contributed by atoms with Crippen molar-refractivity contribution in [2.45, 2.75) is 25.6 Å². The van der Waals surface area contributed by atoms with Crippen LogP contribution < -0.4 is 10.0 Å². The van der Waals surface area contributed by atoms with Gasteiger partial charge in [-0.15, -0.1) is 11.3 Å². The Kier molecular flexibility index (Phi) is 7.83. The quantitative estimate of drug-likeness (QED) is 0.260. The molecule has 1 aromatic heterocycles. The van der Waals surface area contributed by atoms with Crippen LogP contribution in [0.25, 0.3) is 11.3 Å². The average Bonchev–Trinajstić information content (AvgIpc) is 3.23. The van der Waals surface area contributed by atoms with Gasteiger partial charge in [0.2, 0.25) is 0 Å². The lowest BCUT2D eigenvalue weighted by atomic mass is 10.1. The van der Waals surface area contributed by atoms with Crippen molar-refractivity contribution in [2.24, 2.45) is 0 Å². The first kappa shape index (κ1) is 26.2. The zero-order valence-corrected chi connectivity index (χ0v) is 19.8. The molecule has 1 heterocycles. The normalized spacial score (nSPS) is 12.6. The summed E-state index contributed by atoms with van der Waals surface area (Å²) in [6.07, 6.45) is -5.09. The molecule has 186 valence electrons. The van der Waals surface area contributed by atoms with Crippen LogP contribution in [0.2, 0.25) is 0 Å². The summed E-state index contributed by atoms with van der Waals surface area (Å²) in [7, 11) is -4.43. The second-order valence-electron chi connectivity index (χ2n) is 7.42. The number of alkyl carbamates (subject to hydrolysis) is 1. The third-order valence-electron chi connectivity index (χ3n) is 4.51. The number of carbonyl (C=O) groups is 1. The zero-order valence-electron chi connectivity index (χ0n) is 18.2. The summed E-state index contributed by atoms with van der Waals surface area (Å²) in [6.45, 7) is 5.00. The Morgan fingerprint density at radius 2 is 1.91 bits per heavy atom. The van der Waals surface area contributed by atoms with Gasteiger partial charge in [0.1, 0.15) is 5.01 Å². The van der Waals surface area contributed by atoms with E-state index in [1.807, 2.05) is 4.72 Å². The van der Waals surface area contributed by atoms with Crippen molar-refractivity contribution in [1.29, 1.82) is 0 Å². The van der Waals surface area contributed by atoms with E-state index in [0.717, 1.165) is 23.5 Å². The maximum atomic E-state index is 13.1. The van der Waals surface area contributed by atoms with Crippen molar-refractivity contribution < 1.29 is 35.7 Å². The summed E-state index contributed by atoms with van der Waals surface area (Å²) in [5.74, 6) is 0.158. The molecule has 1 amide bonds. The van der Waals surface area contributed by atoms with Crippen molar-refractivity contribution >= 4 is 33.4 Å². The summed E-state index contributed by atoms with van der Waals surface area (Å²) in [4.78, 5) is 16.7. The molecule has 8 nitrogen and oxygen atoms in total. The van der Waals surface area contributed by atoms with Gasteiger partial charge in [-0.05, 0) is 43.2 Å². The largest absolute Gasteiger partial charge is 0.416 e. The SMILES string of the molecule is C=C(C)OC(=O)N[C@@H](Cc1ccc(NS(=O)(=O)O)cc1)c1nc(-c2cccc(C(F)(F)F)c2)cs1. The summed E-state index contributed by atoms with van der Waals surface area (Å²) < 4.78 is 77.0. The molecule has 0 aliphatic heterocycles. The van der Waals surface area contributed by atoms with Crippen molar-refractivity contribution in [2.75, 3.05) is 4.72 Å². The molecule has 0 aliphatic rings. The molecule has 1 atom stereocenters. The van der Waals surface area contributed by atoms with Gasteiger partial charge >= 0.3 is 22.6 Å². The number of hydrogen-bond acceptors (Lipinski definition) is 6. The molecular formula is C22H20F3N3O5S2. The molecule has 0 fully saturated rings. The minimum atomic E-state index is -4.50. The standard InChI is InChI=1S/C22H20F3N3O5S2/c1-13(2)33-21(29)27-18(10-14-6-8-17(9-7-14)28-35(30,31)32)20-26-19(12-34-20)15-4-3-5-16(11-15)22(23,24)25/h3-9,11-12,18,28H,1,10H2,2H3,(H,27,29)(H,30,31,32)/t18-/m0/s1. The van der Waals surface area contributed by atoms with Crippen molar-refractivity contribution in [1.82, 2.24) is 10.3 Å². The fraction of sp³-hybridized carbons (Fsp3) is 0.182. The fourth-order valence-electron chi connectivity index (χ4n) is 3.06. The van der Waals surface area contributed by atoms with Gasteiger partial charge in [0.05, 0.1) is 28.7 Å². The summed E-state index contributed by atoms with van der Waals surface area (Å²) in [5.41, 5.74) is 0.573. The third-order valence-corrected chi connectivity index (χ3v) is 5.96. The van der Waals surface area contributed by atoms with Gasteiger partial charge in [-0.3, -0.25) is 9.27 Å². The van der Waals surface area contributed by atoms with Crippen molar-refractivity contribution in [3.05, 3.63) is 82.4 Å². The van der Waals surface area contributed by atoms with E-state index in [4.69, 9.17) is 9.29 Å². The number of nitrogens with zero attached hydrogens (tertiary/aromatic N) is 1. The Morgan fingerprint density at radius 1 is 1.23 bits per heavy atom. The molecule has 0 spiro atoms. The van der Waals surface area contributed by atoms with E-state index in [0.29, 0.717) is 16.3 Å². The van der Waals surface area contributed by atoms with E-state index >= 15 is 0 Å². The van der Waals surface area contributed by atoms with Crippen LogP contribution in [-0.2, 0) is 27.6 Å². The van der Waals surface area contributed by atoms with Crippen LogP contribution in [0.1, 0.15) is 29.1 Å². The highest BCUT2D eigenvalue weighted by molar-refractivity contribution is 7.87. The average molecular weight is 528 g/mol. The maximum Gasteiger partial charge on any atom is 0.416 e. The molecule has 0 aliphatic carbocycles. The molecule has 0 unspecified atom stereocenters. The smallest absolute Gasteiger partial charge is 0.416 e. The van der Waals surface area contributed by atoms with E-state index in [9.17, 15) is 26.4 Å². The number of alkyl halides is 3. The van der Waals surface area contributed by atoms with E-state index in [2.05, 4.69) is 16.9 Å². The molecule has 3 rings (SSSR count). The second-order valence-corrected chi connectivity index (χ2v) is 9.46. The highest BCUT2D eigenvalue weighted by Gasteiger charge is 2.30. The third kappa shape index (κ3) is 7.80. The van der Waals surface area contributed by atoms with Crippen LogP contribution in [0, 0.1) is 0 Å². The number of amides is 1. The highest BCUT2D eigenvalue weighted by Crippen LogP contribution is 2.33. The number of allylic oxidation sites excluding steroid dienone is 1. The van der Waals surface area contributed by atoms with Gasteiger partial charge in [-0.25, -0.2) is 9.78 Å². The van der Waals surface area contributed by atoms with Gasteiger partial charge in [-0.2, -0.15) is 21.6 Å². The zero-order chi connectivity index (χ0) is 25.8. The van der Waals surface area contributed by atoms with Crippen LogP contribution >= 0.6 is 11.3 Å². The minimum absolute atomic E-state index is 0.128. The predicted molar refractivity (Wildman–Crippen MR) is 125 cm³/mol. The van der Waals surface area contributed by atoms with Crippen LogP contribution in [0.15, 0.2) is 66.2 Å². The molecule has 0 bridgehead atoms. The van der Waals surface area contributed by atoms with Crippen LogP contribution in [-0.4, -0.2) is 24.0 Å². The van der Waals surface area contributed by atoms with Crippen molar-refractivity contribution in [3.8, 4) is 11.3 Å². The van der Waals surface area contributed by atoms with Crippen LogP contribution in [0.3, 0.4) is 0 Å². The Bertz CT molecular complexity index is 1320. The van der Waals surface area contributed by atoms with Gasteiger partial charge in [0, 0.05) is 10.9 Å². The molecule has 3 aromatic rings. The predicted octanol–water partition coefficient (Wildman–Crippen LogP) is 5.59. The fourth-order valence-corrected chi connectivity index (χ4v) is 4.37. The second kappa shape index (κ2) is 10.5. The number of rotatable bonds is 8. The van der Waals surface area contributed by atoms with Gasteiger partial charge in [0.25, 0.3) is 0 Å². The van der Waals surface area contributed by atoms with Crippen molar-refractivity contribution in [3.63, 3.8) is 0 Å². The summed E-state index contributed by atoms with van der Waals surface area (Å²) in [6, 6.07) is 10.0. The molecule has 35 heavy (non-hydrogen) atoms. The maximum absolute atomic E-state index is 13.1. The van der Waals surface area contributed by atoms with Crippen LogP contribution in [0.4, 0.5) is 23.7 Å². The first-order valence-electron chi connectivity index (χ1n) is 9.91. The lowest BCUT2D eigenvalue weighted by molar-refractivity contribution is -0.137. The van der Waals surface area contributed by atoms with Crippen LogP contribution in [0.5, 0.6) is 0 Å². The van der Waals surface area contributed by atoms with E-state index in [1.165, 1.54) is 31.2 Å². The molecule has 0 saturated heterocycles.